The molecule has 0 unspecified atom stereocenters. The molecule has 0 heterocycles. The number of guanidine groups is 1. The highest BCUT2D eigenvalue weighted by Gasteiger charge is 2.04. The van der Waals surface area contributed by atoms with E-state index < -0.39 is 0 Å². The standard InChI is InChI=1S/C24H36N4O3/c1-25-24(26-13-12-21-9-5-6-11-23(21)30-4)27-19-20-8-7-10-22(18-20)31-17-15-28(2)14-16-29-3/h5-11,18H,12-17,19H2,1-4H3,(H2,25,26,27). The molecular weight excluding hydrogens is 392 g/mol. The maximum Gasteiger partial charge on any atom is 0.191 e. The number of likely N-dealkylation sites (N-methyl/N-ethyl adjacent to an activating group) is 1. The largest absolute Gasteiger partial charge is 0.496 e. The molecular formula is C24H36N4O3. The van der Waals surface area contributed by atoms with Gasteiger partial charge in [0.15, 0.2) is 5.96 Å². The fraction of sp³-hybridized carbons (Fsp3) is 0.458. The lowest BCUT2D eigenvalue weighted by Crippen LogP contribution is -2.37. The molecule has 0 spiro atoms. The van der Waals surface area contributed by atoms with Crippen LogP contribution in [-0.2, 0) is 17.7 Å². The number of nitrogens with one attached hydrogen (secondary N) is 2. The molecule has 0 fully saturated rings. The average molecular weight is 429 g/mol. The quantitative estimate of drug-likeness (QED) is 0.378. The molecule has 0 aliphatic rings. The van der Waals surface area contributed by atoms with Gasteiger partial charge in [-0.3, -0.25) is 4.99 Å². The molecule has 31 heavy (non-hydrogen) atoms. The number of aliphatic imine (C=N–C) groups is 1. The first-order valence-electron chi connectivity index (χ1n) is 10.6. The first-order chi connectivity index (χ1) is 15.2. The van der Waals surface area contributed by atoms with Crippen molar-refractivity contribution >= 4 is 5.96 Å². The molecule has 0 saturated heterocycles. The third-order valence-corrected chi connectivity index (χ3v) is 4.88. The van der Waals surface area contributed by atoms with Crippen LogP contribution in [-0.4, -0.2) is 72.0 Å². The highest BCUT2D eigenvalue weighted by molar-refractivity contribution is 5.79. The molecule has 0 aliphatic carbocycles. The summed E-state index contributed by atoms with van der Waals surface area (Å²) >= 11 is 0. The van der Waals surface area contributed by atoms with Crippen molar-refractivity contribution in [3.8, 4) is 11.5 Å². The Labute approximate surface area is 186 Å². The van der Waals surface area contributed by atoms with Crippen molar-refractivity contribution in [1.29, 1.82) is 0 Å². The predicted octanol–water partition coefficient (Wildman–Crippen LogP) is 2.56. The van der Waals surface area contributed by atoms with Crippen LogP contribution in [0, 0.1) is 0 Å². The third-order valence-electron chi connectivity index (χ3n) is 4.88. The molecule has 0 atom stereocenters. The van der Waals surface area contributed by atoms with E-state index in [9.17, 15) is 0 Å². The van der Waals surface area contributed by atoms with Crippen LogP contribution in [0.4, 0.5) is 0 Å². The van der Waals surface area contributed by atoms with E-state index in [4.69, 9.17) is 14.2 Å². The van der Waals surface area contributed by atoms with E-state index in [1.807, 2.05) is 30.3 Å². The van der Waals surface area contributed by atoms with Crippen molar-refractivity contribution in [2.75, 3.05) is 61.2 Å². The number of hydrogen-bond acceptors (Lipinski definition) is 5. The van der Waals surface area contributed by atoms with Gasteiger partial charge in [0.1, 0.15) is 18.1 Å². The minimum atomic E-state index is 0.642. The zero-order valence-corrected chi connectivity index (χ0v) is 19.2. The molecule has 0 bridgehead atoms. The third kappa shape index (κ3) is 9.27. The van der Waals surface area contributed by atoms with E-state index in [0.717, 1.165) is 55.7 Å². The van der Waals surface area contributed by atoms with Crippen LogP contribution in [0.15, 0.2) is 53.5 Å². The van der Waals surface area contributed by atoms with E-state index >= 15 is 0 Å². The monoisotopic (exact) mass is 428 g/mol. The lowest BCUT2D eigenvalue weighted by atomic mass is 10.1. The summed E-state index contributed by atoms with van der Waals surface area (Å²) in [6, 6.07) is 16.2. The Morgan fingerprint density at radius 1 is 1.00 bits per heavy atom. The summed E-state index contributed by atoms with van der Waals surface area (Å²) in [5.41, 5.74) is 2.31. The number of ether oxygens (including phenoxy) is 3. The normalized spacial score (nSPS) is 11.5. The zero-order valence-electron chi connectivity index (χ0n) is 19.2. The van der Waals surface area contributed by atoms with Crippen LogP contribution in [0.1, 0.15) is 11.1 Å². The molecule has 0 aromatic heterocycles. The van der Waals surface area contributed by atoms with E-state index in [0.29, 0.717) is 13.2 Å². The maximum atomic E-state index is 5.90. The van der Waals surface area contributed by atoms with Gasteiger partial charge in [-0.2, -0.15) is 0 Å². The Hall–Kier alpha value is -2.77. The van der Waals surface area contributed by atoms with Crippen molar-refractivity contribution in [3.63, 3.8) is 0 Å². The molecule has 2 N–H and O–H groups in total. The minimum Gasteiger partial charge on any atom is -0.496 e. The lowest BCUT2D eigenvalue weighted by molar-refractivity contribution is 0.150. The summed E-state index contributed by atoms with van der Waals surface area (Å²) in [5, 5.41) is 6.71. The molecule has 170 valence electrons. The predicted molar refractivity (Wildman–Crippen MR) is 126 cm³/mol. The Morgan fingerprint density at radius 2 is 1.81 bits per heavy atom. The highest BCUT2D eigenvalue weighted by atomic mass is 16.5. The molecule has 0 amide bonds. The van der Waals surface area contributed by atoms with Gasteiger partial charge in [0, 0.05) is 40.3 Å². The Bertz CT molecular complexity index is 798. The molecule has 2 aromatic carbocycles. The van der Waals surface area contributed by atoms with Crippen LogP contribution in [0.25, 0.3) is 0 Å². The van der Waals surface area contributed by atoms with Crippen LogP contribution in [0.5, 0.6) is 11.5 Å². The fourth-order valence-corrected chi connectivity index (χ4v) is 3.05. The van der Waals surface area contributed by atoms with E-state index in [-0.39, 0.29) is 0 Å². The van der Waals surface area contributed by atoms with E-state index in [1.165, 1.54) is 5.56 Å². The van der Waals surface area contributed by atoms with Crippen LogP contribution in [0.2, 0.25) is 0 Å². The molecule has 0 saturated carbocycles. The number of nitrogens with zero attached hydrogens (tertiary/aromatic N) is 2. The Kier molecular flexibility index (Phi) is 11.3. The van der Waals surface area contributed by atoms with Gasteiger partial charge in [-0.1, -0.05) is 30.3 Å². The second-order valence-electron chi connectivity index (χ2n) is 7.21. The van der Waals surface area contributed by atoms with Crippen molar-refractivity contribution < 1.29 is 14.2 Å². The molecule has 7 nitrogen and oxygen atoms in total. The van der Waals surface area contributed by atoms with Crippen LogP contribution >= 0.6 is 0 Å². The smallest absolute Gasteiger partial charge is 0.191 e. The fourth-order valence-electron chi connectivity index (χ4n) is 3.05. The van der Waals surface area contributed by atoms with Gasteiger partial charge >= 0.3 is 0 Å². The first kappa shape index (κ1) is 24.5. The van der Waals surface area contributed by atoms with Crippen molar-refractivity contribution in [2.45, 2.75) is 13.0 Å². The molecule has 2 aromatic rings. The van der Waals surface area contributed by atoms with Crippen LogP contribution < -0.4 is 20.1 Å². The van der Waals surface area contributed by atoms with E-state index in [1.54, 1.807) is 21.3 Å². The zero-order chi connectivity index (χ0) is 22.3. The topological polar surface area (TPSA) is 67.4 Å². The van der Waals surface area contributed by atoms with Gasteiger partial charge in [-0.15, -0.1) is 0 Å². The summed E-state index contributed by atoms with van der Waals surface area (Å²) in [5.74, 6) is 2.55. The summed E-state index contributed by atoms with van der Waals surface area (Å²) in [6.45, 7) is 4.55. The summed E-state index contributed by atoms with van der Waals surface area (Å²) in [4.78, 5) is 6.50. The summed E-state index contributed by atoms with van der Waals surface area (Å²) < 4.78 is 16.4. The van der Waals surface area contributed by atoms with Crippen LogP contribution in [0.3, 0.4) is 0 Å². The first-order valence-corrected chi connectivity index (χ1v) is 10.6. The average Bonchev–Trinajstić information content (AvgIpc) is 2.80. The van der Waals surface area contributed by atoms with Gasteiger partial charge in [0.25, 0.3) is 0 Å². The summed E-state index contributed by atoms with van der Waals surface area (Å²) in [7, 11) is 7.26. The molecule has 2 rings (SSSR count). The number of para-hydroxylation sites is 1. The van der Waals surface area contributed by atoms with Crippen molar-refractivity contribution in [1.82, 2.24) is 15.5 Å². The van der Waals surface area contributed by atoms with E-state index in [2.05, 4.69) is 45.8 Å². The molecule has 0 radical (unpaired) electrons. The van der Waals surface area contributed by atoms with Gasteiger partial charge < -0.3 is 29.7 Å². The maximum absolute atomic E-state index is 5.90. The highest BCUT2D eigenvalue weighted by Crippen LogP contribution is 2.17. The molecule has 0 aliphatic heterocycles. The van der Waals surface area contributed by atoms with Gasteiger partial charge in [-0.05, 0) is 42.8 Å². The van der Waals surface area contributed by atoms with Gasteiger partial charge in [-0.25, -0.2) is 0 Å². The van der Waals surface area contributed by atoms with Crippen molar-refractivity contribution in [3.05, 3.63) is 59.7 Å². The summed E-state index contributed by atoms with van der Waals surface area (Å²) in [6.07, 6.45) is 0.854. The van der Waals surface area contributed by atoms with Gasteiger partial charge in [0.05, 0.1) is 13.7 Å². The van der Waals surface area contributed by atoms with Crippen molar-refractivity contribution in [2.24, 2.45) is 4.99 Å². The number of methoxy groups -OCH3 is 2. The second kappa shape index (κ2) is 14.3. The minimum absolute atomic E-state index is 0.642. The van der Waals surface area contributed by atoms with Gasteiger partial charge in [0.2, 0.25) is 0 Å². The lowest BCUT2D eigenvalue weighted by Gasteiger charge is -2.16. The molecule has 7 heteroatoms. The SMILES string of the molecule is CN=C(NCCc1ccccc1OC)NCc1cccc(OCCN(C)CCOC)c1. The Morgan fingerprint density at radius 3 is 2.58 bits per heavy atom. The number of hydrogen-bond donors (Lipinski definition) is 2. The number of rotatable bonds is 13. The second-order valence-corrected chi connectivity index (χ2v) is 7.21. The number of benzene rings is 2. The Balaban J connectivity index is 1.74.